The quantitative estimate of drug-likeness (QED) is 0.454. The first-order valence-corrected chi connectivity index (χ1v) is 7.53. The van der Waals surface area contributed by atoms with Crippen LogP contribution in [0, 0.1) is 10.1 Å². The van der Waals surface area contributed by atoms with Gasteiger partial charge in [0, 0.05) is 22.4 Å². The van der Waals surface area contributed by atoms with Gasteiger partial charge in [-0.05, 0) is 34.1 Å². The second-order valence-electron chi connectivity index (χ2n) is 4.69. The monoisotopic (exact) mass is 409 g/mol. The molecule has 0 saturated heterocycles. The molecule has 0 fully saturated rings. The fourth-order valence-electron chi connectivity index (χ4n) is 1.97. The maximum absolute atomic E-state index is 11.8. The van der Waals surface area contributed by atoms with Gasteiger partial charge in [0.1, 0.15) is 0 Å². The van der Waals surface area contributed by atoms with Crippen LogP contribution in [-0.2, 0) is 9.47 Å². The number of carbonyl (C=O) groups excluding carboxylic acids is 2. The minimum Gasteiger partial charge on any atom is -0.465 e. The van der Waals surface area contributed by atoms with Gasteiger partial charge in [-0.25, -0.2) is 14.6 Å². The number of ether oxygens (including phenoxy) is 2. The normalized spacial score (nSPS) is 10.0. The van der Waals surface area contributed by atoms with Gasteiger partial charge in [0.2, 0.25) is 5.82 Å². The summed E-state index contributed by atoms with van der Waals surface area (Å²) in [6, 6.07) is 5.34. The van der Waals surface area contributed by atoms with Gasteiger partial charge in [0.25, 0.3) is 0 Å². The van der Waals surface area contributed by atoms with Gasteiger partial charge in [-0.2, -0.15) is 0 Å². The molecule has 1 heterocycles. The first kappa shape index (κ1) is 18.3. The van der Waals surface area contributed by atoms with Crippen LogP contribution in [-0.4, -0.2) is 36.1 Å². The Labute approximate surface area is 150 Å². The first-order chi connectivity index (χ1) is 11.8. The number of nitrogens with zero attached hydrogens (tertiary/aromatic N) is 2. The van der Waals surface area contributed by atoms with Crippen molar-refractivity contribution in [2.45, 2.75) is 0 Å². The highest BCUT2D eigenvalue weighted by Gasteiger charge is 2.19. The zero-order valence-electron chi connectivity index (χ0n) is 13.1. The van der Waals surface area contributed by atoms with E-state index < -0.39 is 16.9 Å². The van der Waals surface area contributed by atoms with E-state index in [1.807, 2.05) is 0 Å². The fraction of sp³-hybridized carbons (Fsp3) is 0.133. The molecule has 0 unspecified atom stereocenters. The lowest BCUT2D eigenvalue weighted by Crippen LogP contribution is -2.08. The van der Waals surface area contributed by atoms with Crippen LogP contribution in [0.25, 0.3) is 0 Å². The van der Waals surface area contributed by atoms with Crippen LogP contribution in [0.2, 0.25) is 0 Å². The summed E-state index contributed by atoms with van der Waals surface area (Å²) in [5.74, 6) is -1.40. The zero-order valence-corrected chi connectivity index (χ0v) is 14.7. The number of methoxy groups -OCH3 is 2. The van der Waals surface area contributed by atoms with Gasteiger partial charge in [-0.1, -0.05) is 0 Å². The van der Waals surface area contributed by atoms with Crippen molar-refractivity contribution in [2.75, 3.05) is 19.5 Å². The molecule has 0 aliphatic heterocycles. The Morgan fingerprint density at radius 3 is 2.16 bits per heavy atom. The molecule has 0 spiro atoms. The molecule has 0 radical (unpaired) electrons. The van der Waals surface area contributed by atoms with E-state index in [9.17, 15) is 19.7 Å². The Bertz CT molecular complexity index is 821. The van der Waals surface area contributed by atoms with E-state index in [1.54, 1.807) is 0 Å². The van der Waals surface area contributed by atoms with E-state index in [1.165, 1.54) is 44.7 Å². The topological polar surface area (TPSA) is 121 Å². The lowest BCUT2D eigenvalue weighted by molar-refractivity contribution is -0.384. The van der Waals surface area contributed by atoms with Crippen molar-refractivity contribution >= 4 is 45.1 Å². The van der Waals surface area contributed by atoms with Gasteiger partial charge in [-0.15, -0.1) is 0 Å². The van der Waals surface area contributed by atoms with Crippen LogP contribution in [0.3, 0.4) is 0 Å². The number of anilines is 2. The number of benzene rings is 1. The van der Waals surface area contributed by atoms with Gasteiger partial charge in [-0.3, -0.25) is 10.1 Å². The smallest absolute Gasteiger partial charge is 0.337 e. The maximum Gasteiger partial charge on any atom is 0.337 e. The molecule has 2 aromatic rings. The van der Waals surface area contributed by atoms with Gasteiger partial charge in [0.15, 0.2) is 0 Å². The first-order valence-electron chi connectivity index (χ1n) is 6.74. The third-order valence-electron chi connectivity index (χ3n) is 3.07. The fourth-order valence-corrected chi connectivity index (χ4v) is 2.29. The highest BCUT2D eigenvalue weighted by Crippen LogP contribution is 2.29. The molecule has 130 valence electrons. The summed E-state index contributed by atoms with van der Waals surface area (Å²) in [7, 11) is 2.39. The van der Waals surface area contributed by atoms with E-state index in [2.05, 4.69) is 35.7 Å². The van der Waals surface area contributed by atoms with Crippen LogP contribution in [0.1, 0.15) is 20.7 Å². The van der Waals surface area contributed by atoms with Crippen molar-refractivity contribution in [3.8, 4) is 0 Å². The van der Waals surface area contributed by atoms with E-state index in [0.717, 1.165) is 0 Å². The number of nitro groups is 1. The number of aromatic nitrogens is 1. The molecule has 0 aliphatic rings. The summed E-state index contributed by atoms with van der Waals surface area (Å²) < 4.78 is 9.71. The average Bonchev–Trinajstić information content (AvgIpc) is 2.61. The maximum atomic E-state index is 11.8. The largest absolute Gasteiger partial charge is 0.465 e. The lowest BCUT2D eigenvalue weighted by atomic mass is 10.1. The number of esters is 2. The van der Waals surface area contributed by atoms with Crippen molar-refractivity contribution < 1.29 is 24.0 Å². The van der Waals surface area contributed by atoms with E-state index in [4.69, 9.17) is 0 Å². The van der Waals surface area contributed by atoms with Crippen molar-refractivity contribution in [3.05, 3.63) is 56.2 Å². The molecule has 2 rings (SSSR count). The highest BCUT2D eigenvalue weighted by molar-refractivity contribution is 9.10. The molecule has 1 aromatic carbocycles. The Balaban J connectivity index is 2.50. The Kier molecular flexibility index (Phi) is 5.65. The predicted molar refractivity (Wildman–Crippen MR) is 91.0 cm³/mol. The van der Waals surface area contributed by atoms with Crippen molar-refractivity contribution in [1.29, 1.82) is 0 Å². The average molecular weight is 410 g/mol. The number of nitrogens with one attached hydrogen (secondary N) is 1. The highest BCUT2D eigenvalue weighted by atomic mass is 79.9. The zero-order chi connectivity index (χ0) is 18.6. The SMILES string of the molecule is COC(=O)c1cc(Nc2ncc(Br)cc2[N+](=O)[O-])cc(C(=O)OC)c1. The molecule has 1 aromatic heterocycles. The summed E-state index contributed by atoms with van der Waals surface area (Å²) in [6.07, 6.45) is 1.38. The van der Waals surface area contributed by atoms with Crippen LogP contribution in [0.15, 0.2) is 34.9 Å². The summed E-state index contributed by atoms with van der Waals surface area (Å²) in [4.78, 5) is 38.0. The molecule has 0 aliphatic carbocycles. The lowest BCUT2D eigenvalue weighted by Gasteiger charge is -2.10. The third kappa shape index (κ3) is 4.29. The van der Waals surface area contributed by atoms with Crippen molar-refractivity contribution in [1.82, 2.24) is 4.98 Å². The van der Waals surface area contributed by atoms with E-state index >= 15 is 0 Å². The third-order valence-corrected chi connectivity index (χ3v) is 3.50. The van der Waals surface area contributed by atoms with Crippen molar-refractivity contribution in [2.24, 2.45) is 0 Å². The number of hydrogen-bond acceptors (Lipinski definition) is 8. The standard InChI is InChI=1S/C15H12BrN3O6/c1-24-14(20)8-3-9(15(21)25-2)5-11(4-8)18-13-12(19(22)23)6-10(16)7-17-13/h3-7H,1-2H3,(H,17,18). The molecule has 25 heavy (non-hydrogen) atoms. The Morgan fingerprint density at radius 1 is 1.12 bits per heavy atom. The molecular formula is C15H12BrN3O6. The van der Waals surface area contributed by atoms with Crippen LogP contribution >= 0.6 is 15.9 Å². The van der Waals surface area contributed by atoms with Crippen LogP contribution in [0.4, 0.5) is 17.2 Å². The number of halogens is 1. The van der Waals surface area contributed by atoms with Gasteiger partial charge in [0.05, 0.1) is 30.3 Å². The number of pyridine rings is 1. The molecular weight excluding hydrogens is 398 g/mol. The van der Waals surface area contributed by atoms with Crippen LogP contribution in [0.5, 0.6) is 0 Å². The summed E-state index contributed by atoms with van der Waals surface area (Å²) >= 11 is 3.11. The number of carbonyl (C=O) groups is 2. The Morgan fingerprint density at radius 2 is 1.68 bits per heavy atom. The second kappa shape index (κ2) is 7.71. The number of hydrogen-bond donors (Lipinski definition) is 1. The summed E-state index contributed by atoms with van der Waals surface area (Å²) in [6.45, 7) is 0. The second-order valence-corrected chi connectivity index (χ2v) is 5.60. The molecule has 9 nitrogen and oxygen atoms in total. The molecule has 10 heteroatoms. The predicted octanol–water partition coefficient (Wildman–Crippen LogP) is 3.07. The van der Waals surface area contributed by atoms with E-state index in [0.29, 0.717) is 4.47 Å². The molecule has 0 saturated carbocycles. The molecule has 1 N–H and O–H groups in total. The summed E-state index contributed by atoms with van der Waals surface area (Å²) in [5.41, 5.74) is 0.110. The minimum atomic E-state index is -0.674. The van der Waals surface area contributed by atoms with Gasteiger partial charge < -0.3 is 14.8 Å². The van der Waals surface area contributed by atoms with E-state index in [-0.39, 0.29) is 28.3 Å². The Hall–Kier alpha value is -3.01. The van der Waals surface area contributed by atoms with Crippen molar-refractivity contribution in [3.63, 3.8) is 0 Å². The van der Waals surface area contributed by atoms with Crippen LogP contribution < -0.4 is 5.32 Å². The molecule has 0 bridgehead atoms. The number of rotatable bonds is 5. The minimum absolute atomic E-state index is 0.0500. The molecule has 0 amide bonds. The summed E-state index contributed by atoms with van der Waals surface area (Å²) in [5, 5.41) is 13.9. The molecule has 0 atom stereocenters. The van der Waals surface area contributed by atoms with Gasteiger partial charge >= 0.3 is 17.6 Å².